The number of anilines is 1. The Morgan fingerprint density at radius 2 is 1.84 bits per heavy atom. The number of carbonyl (C=O) groups is 1. The molecule has 1 aromatic heterocycles. The van der Waals surface area contributed by atoms with Crippen molar-refractivity contribution in [2.45, 2.75) is 0 Å². The zero-order valence-electron chi connectivity index (χ0n) is 9.36. The van der Waals surface area contributed by atoms with E-state index in [1.54, 1.807) is 0 Å². The second-order valence-corrected chi connectivity index (χ2v) is 3.42. The summed E-state index contributed by atoms with van der Waals surface area (Å²) in [5, 5.41) is 2.13. The zero-order valence-corrected chi connectivity index (χ0v) is 10.2. The lowest BCUT2D eigenvalue weighted by Crippen LogP contribution is -2.14. The summed E-state index contributed by atoms with van der Waals surface area (Å²) in [6, 6.07) is 4.66. The Bertz CT molecular complexity index is 593. The molecule has 1 aromatic carbocycles. The van der Waals surface area contributed by atoms with E-state index in [-0.39, 0.29) is 18.0 Å². The molecule has 100 valence electrons. The van der Waals surface area contributed by atoms with Crippen molar-refractivity contribution >= 4 is 24.0 Å². The molecule has 0 saturated heterocycles. The summed E-state index contributed by atoms with van der Waals surface area (Å²) in [7, 11) is 0. The van der Waals surface area contributed by atoms with Gasteiger partial charge in [-0.1, -0.05) is 0 Å². The highest BCUT2D eigenvalue weighted by Crippen LogP contribution is 2.20. The van der Waals surface area contributed by atoms with Crippen LogP contribution in [0.5, 0.6) is 0 Å². The molecule has 1 N–H and O–H groups in total. The number of nitrogens with one attached hydrogen (secondary N) is 1. The SMILES string of the molecule is Cl.O=C(Nc1ccc(F)c(F)c1F)c1cccnc1. The lowest BCUT2D eigenvalue weighted by molar-refractivity contribution is 0.102. The second-order valence-electron chi connectivity index (χ2n) is 3.42. The summed E-state index contributed by atoms with van der Waals surface area (Å²) in [6.45, 7) is 0. The van der Waals surface area contributed by atoms with Crippen molar-refractivity contribution in [2.75, 3.05) is 5.32 Å². The molecular formula is C12H8ClF3N2O. The molecule has 19 heavy (non-hydrogen) atoms. The maximum atomic E-state index is 13.3. The fourth-order valence-corrected chi connectivity index (χ4v) is 1.31. The summed E-state index contributed by atoms with van der Waals surface area (Å²) >= 11 is 0. The van der Waals surface area contributed by atoms with Crippen LogP contribution in [0.15, 0.2) is 36.7 Å². The summed E-state index contributed by atoms with van der Waals surface area (Å²) in [6.07, 6.45) is 2.74. The van der Waals surface area contributed by atoms with E-state index in [2.05, 4.69) is 10.3 Å². The highest BCUT2D eigenvalue weighted by Gasteiger charge is 2.15. The fraction of sp³-hybridized carbons (Fsp3) is 0. The molecule has 1 heterocycles. The highest BCUT2D eigenvalue weighted by atomic mass is 35.5. The first kappa shape index (κ1) is 15.0. The largest absolute Gasteiger partial charge is 0.319 e. The number of hydrogen-bond donors (Lipinski definition) is 1. The standard InChI is InChI=1S/C12H7F3N2O.ClH/c13-8-3-4-9(11(15)10(8)14)17-12(18)7-2-1-5-16-6-7;/h1-6H,(H,17,18);1H. The third-order valence-electron chi connectivity index (χ3n) is 2.21. The first-order chi connectivity index (χ1) is 8.59. The van der Waals surface area contributed by atoms with Gasteiger partial charge in [-0.2, -0.15) is 0 Å². The van der Waals surface area contributed by atoms with E-state index in [1.807, 2.05) is 0 Å². The van der Waals surface area contributed by atoms with Gasteiger partial charge in [-0.3, -0.25) is 9.78 Å². The smallest absolute Gasteiger partial charge is 0.257 e. The maximum Gasteiger partial charge on any atom is 0.257 e. The van der Waals surface area contributed by atoms with Crippen LogP contribution in [-0.4, -0.2) is 10.9 Å². The van der Waals surface area contributed by atoms with Crippen molar-refractivity contribution in [2.24, 2.45) is 0 Å². The summed E-state index contributed by atoms with van der Waals surface area (Å²) in [5.74, 6) is -5.04. The van der Waals surface area contributed by atoms with Crippen molar-refractivity contribution in [3.05, 3.63) is 59.7 Å². The number of rotatable bonds is 2. The molecule has 0 aliphatic heterocycles. The Hall–Kier alpha value is -2.08. The highest BCUT2D eigenvalue weighted by molar-refractivity contribution is 6.04. The molecule has 0 aliphatic carbocycles. The molecular weight excluding hydrogens is 281 g/mol. The quantitative estimate of drug-likeness (QED) is 0.863. The molecule has 0 atom stereocenters. The van der Waals surface area contributed by atoms with Gasteiger partial charge in [-0.25, -0.2) is 13.2 Å². The third-order valence-corrected chi connectivity index (χ3v) is 2.21. The van der Waals surface area contributed by atoms with Gasteiger partial charge >= 0.3 is 0 Å². The first-order valence-corrected chi connectivity index (χ1v) is 4.94. The Balaban J connectivity index is 0.00000180. The van der Waals surface area contributed by atoms with E-state index in [1.165, 1.54) is 24.5 Å². The molecule has 0 saturated carbocycles. The van der Waals surface area contributed by atoms with Crippen LogP contribution in [0.3, 0.4) is 0 Å². The number of hydrogen-bond acceptors (Lipinski definition) is 2. The summed E-state index contributed by atoms with van der Waals surface area (Å²) in [5.41, 5.74) is -0.246. The van der Waals surface area contributed by atoms with Crippen molar-refractivity contribution < 1.29 is 18.0 Å². The monoisotopic (exact) mass is 288 g/mol. The number of pyridine rings is 1. The number of halogens is 4. The van der Waals surface area contributed by atoms with Crippen LogP contribution in [0, 0.1) is 17.5 Å². The van der Waals surface area contributed by atoms with Gasteiger partial charge in [0.05, 0.1) is 11.3 Å². The van der Waals surface area contributed by atoms with Crippen LogP contribution in [0.4, 0.5) is 18.9 Å². The third kappa shape index (κ3) is 3.23. The number of benzene rings is 1. The van der Waals surface area contributed by atoms with Gasteiger partial charge in [0, 0.05) is 12.4 Å². The van der Waals surface area contributed by atoms with E-state index in [9.17, 15) is 18.0 Å². The molecule has 3 nitrogen and oxygen atoms in total. The minimum Gasteiger partial charge on any atom is -0.319 e. The predicted molar refractivity (Wildman–Crippen MR) is 65.8 cm³/mol. The molecule has 7 heteroatoms. The van der Waals surface area contributed by atoms with Crippen LogP contribution < -0.4 is 5.32 Å². The van der Waals surface area contributed by atoms with Crippen LogP contribution in [0.1, 0.15) is 10.4 Å². The average Bonchev–Trinajstić information content (AvgIpc) is 2.40. The average molecular weight is 289 g/mol. The minimum absolute atomic E-state index is 0. The first-order valence-electron chi connectivity index (χ1n) is 4.94. The molecule has 2 rings (SSSR count). The Morgan fingerprint density at radius 1 is 1.11 bits per heavy atom. The molecule has 0 radical (unpaired) electrons. The van der Waals surface area contributed by atoms with E-state index >= 15 is 0 Å². The van der Waals surface area contributed by atoms with Gasteiger partial charge < -0.3 is 5.32 Å². The lowest BCUT2D eigenvalue weighted by Gasteiger charge is -2.06. The topological polar surface area (TPSA) is 42.0 Å². The van der Waals surface area contributed by atoms with Gasteiger partial charge in [0.25, 0.3) is 5.91 Å². The maximum absolute atomic E-state index is 13.3. The van der Waals surface area contributed by atoms with Gasteiger partial charge in [-0.05, 0) is 24.3 Å². The molecule has 0 fully saturated rings. The Morgan fingerprint density at radius 3 is 2.47 bits per heavy atom. The predicted octanol–water partition coefficient (Wildman–Crippen LogP) is 3.17. The summed E-state index contributed by atoms with van der Waals surface area (Å²) < 4.78 is 38.9. The van der Waals surface area contributed by atoms with Crippen LogP contribution >= 0.6 is 12.4 Å². The van der Waals surface area contributed by atoms with E-state index in [4.69, 9.17) is 0 Å². The van der Waals surface area contributed by atoms with Crippen LogP contribution in [-0.2, 0) is 0 Å². The van der Waals surface area contributed by atoms with Crippen molar-refractivity contribution in [1.82, 2.24) is 4.98 Å². The lowest BCUT2D eigenvalue weighted by atomic mass is 10.2. The molecule has 0 spiro atoms. The molecule has 0 unspecified atom stereocenters. The Kier molecular flexibility index (Phi) is 4.88. The van der Waals surface area contributed by atoms with Gasteiger partial charge in [0.1, 0.15) is 0 Å². The van der Waals surface area contributed by atoms with E-state index in [0.717, 1.165) is 12.1 Å². The number of carbonyl (C=O) groups excluding carboxylic acids is 1. The van der Waals surface area contributed by atoms with Crippen molar-refractivity contribution in [3.8, 4) is 0 Å². The van der Waals surface area contributed by atoms with E-state index < -0.39 is 29.0 Å². The normalized spacial score (nSPS) is 9.63. The van der Waals surface area contributed by atoms with Gasteiger partial charge in [-0.15, -0.1) is 12.4 Å². The van der Waals surface area contributed by atoms with Crippen molar-refractivity contribution in [3.63, 3.8) is 0 Å². The molecule has 0 bridgehead atoms. The van der Waals surface area contributed by atoms with Crippen LogP contribution in [0.2, 0.25) is 0 Å². The molecule has 0 aliphatic rings. The number of nitrogens with zero attached hydrogens (tertiary/aromatic N) is 1. The summed E-state index contributed by atoms with van der Waals surface area (Å²) in [4.78, 5) is 15.3. The van der Waals surface area contributed by atoms with E-state index in [0.29, 0.717) is 0 Å². The number of aromatic nitrogens is 1. The zero-order chi connectivity index (χ0) is 13.1. The minimum atomic E-state index is -1.63. The number of amides is 1. The van der Waals surface area contributed by atoms with Gasteiger partial charge in [0.2, 0.25) is 0 Å². The Labute approximate surface area is 112 Å². The second kappa shape index (κ2) is 6.19. The van der Waals surface area contributed by atoms with Crippen molar-refractivity contribution in [1.29, 1.82) is 0 Å². The molecule has 1 amide bonds. The van der Waals surface area contributed by atoms with Gasteiger partial charge in [0.15, 0.2) is 17.5 Å². The fourth-order valence-electron chi connectivity index (χ4n) is 1.31. The molecule has 2 aromatic rings. The van der Waals surface area contributed by atoms with Crippen LogP contribution in [0.25, 0.3) is 0 Å².